The number of hydrogen-bond donors (Lipinski definition) is 0. The maximum Gasteiger partial charge on any atom is 0.164 e. The number of furan rings is 2. The molecule has 5 heteroatoms. The van der Waals surface area contributed by atoms with Gasteiger partial charge in [-0.3, -0.25) is 0 Å². The summed E-state index contributed by atoms with van der Waals surface area (Å²) in [5.41, 5.74) is 10.2. The van der Waals surface area contributed by atoms with Crippen molar-refractivity contribution in [3.05, 3.63) is 200 Å². The van der Waals surface area contributed by atoms with E-state index in [0.717, 1.165) is 110 Å². The van der Waals surface area contributed by atoms with Crippen LogP contribution in [0.1, 0.15) is 0 Å². The van der Waals surface area contributed by atoms with Gasteiger partial charge in [0.2, 0.25) is 0 Å². The van der Waals surface area contributed by atoms with E-state index in [4.69, 9.17) is 23.8 Å². The Morgan fingerprint density at radius 3 is 1.47 bits per heavy atom. The van der Waals surface area contributed by atoms with Crippen LogP contribution in [0.3, 0.4) is 0 Å². The molecule has 0 atom stereocenters. The lowest BCUT2D eigenvalue weighted by Gasteiger charge is -2.14. The Balaban J connectivity index is 1.09. The van der Waals surface area contributed by atoms with Crippen LogP contribution in [0, 0.1) is 0 Å². The minimum absolute atomic E-state index is 0.565. The molecule has 0 aliphatic carbocycles. The highest BCUT2D eigenvalue weighted by molar-refractivity contribution is 6.24. The standard InChI is InChI=1S/C57H33N3O2/c1-2-14-34(15-3-1)35-26-28-36(29-27-35)55-58-56(60-57(59-55)48-33-37-16-4-6-18-39(37)41-20-8-9-21-42(41)48)46-31-30-43(54-51(46)44-22-10-12-24-49(44)62-54)47-32-38-17-5-7-19-40(38)53-52(47)45-23-11-13-25-50(45)61-53/h1-33H. The average Bonchev–Trinajstić information content (AvgIpc) is 3.94. The normalized spacial score (nSPS) is 11.9. The van der Waals surface area contributed by atoms with Crippen molar-refractivity contribution in [3.8, 4) is 56.4 Å². The largest absolute Gasteiger partial charge is 0.455 e. The summed E-state index contributed by atoms with van der Waals surface area (Å²) in [6.07, 6.45) is 0. The van der Waals surface area contributed by atoms with E-state index in [0.29, 0.717) is 17.5 Å². The third-order valence-electron chi connectivity index (χ3n) is 12.3. The quantitative estimate of drug-likeness (QED) is 0.162. The Hall–Kier alpha value is -8.41. The Kier molecular flexibility index (Phi) is 7.54. The van der Waals surface area contributed by atoms with Crippen molar-refractivity contribution in [2.75, 3.05) is 0 Å². The van der Waals surface area contributed by atoms with Crippen LogP contribution < -0.4 is 0 Å². The van der Waals surface area contributed by atoms with E-state index < -0.39 is 0 Å². The zero-order valence-corrected chi connectivity index (χ0v) is 33.2. The van der Waals surface area contributed by atoms with Crippen LogP contribution in [0.2, 0.25) is 0 Å². The zero-order valence-electron chi connectivity index (χ0n) is 33.2. The van der Waals surface area contributed by atoms with Gasteiger partial charge in [0, 0.05) is 49.2 Å². The van der Waals surface area contributed by atoms with Crippen molar-refractivity contribution >= 4 is 76.2 Å². The molecular weight excluding hydrogens is 759 g/mol. The van der Waals surface area contributed by atoms with Gasteiger partial charge in [-0.2, -0.15) is 0 Å². The maximum absolute atomic E-state index is 6.94. The number of hydrogen-bond acceptors (Lipinski definition) is 5. The van der Waals surface area contributed by atoms with Crippen LogP contribution in [0.4, 0.5) is 0 Å². The second-order valence-corrected chi connectivity index (χ2v) is 15.9. The first-order valence-corrected chi connectivity index (χ1v) is 20.8. The summed E-state index contributed by atoms with van der Waals surface area (Å²) >= 11 is 0. The van der Waals surface area contributed by atoms with E-state index in [2.05, 4.69) is 170 Å². The SMILES string of the molecule is c1ccc(-c2ccc(-c3nc(-c4cc5ccccc5c5ccccc45)nc(-c4ccc(-c5cc6ccccc6c6oc7ccccc7c56)c5oc6ccccc6c45)n3)cc2)cc1. The third-order valence-corrected chi connectivity index (χ3v) is 12.3. The van der Waals surface area contributed by atoms with E-state index >= 15 is 0 Å². The Bertz CT molecular complexity index is 3920. The molecule has 0 aliphatic rings. The van der Waals surface area contributed by atoms with Crippen molar-refractivity contribution in [2.45, 2.75) is 0 Å². The fraction of sp³-hybridized carbons (Fsp3) is 0. The summed E-state index contributed by atoms with van der Waals surface area (Å²) in [6, 6.07) is 69.7. The number of fused-ring (bicyclic) bond motifs is 11. The first-order valence-electron chi connectivity index (χ1n) is 20.8. The second-order valence-electron chi connectivity index (χ2n) is 15.9. The first kappa shape index (κ1) is 34.5. The van der Waals surface area contributed by atoms with E-state index in [1.807, 2.05) is 30.3 Å². The molecule has 13 aromatic rings. The molecule has 3 aromatic heterocycles. The molecule has 13 rings (SSSR count). The summed E-state index contributed by atoms with van der Waals surface area (Å²) in [5.74, 6) is 1.76. The van der Waals surface area contributed by atoms with Gasteiger partial charge in [-0.1, -0.05) is 164 Å². The molecule has 0 aliphatic heterocycles. The van der Waals surface area contributed by atoms with E-state index in [1.165, 1.54) is 5.39 Å². The number of para-hydroxylation sites is 2. The lowest BCUT2D eigenvalue weighted by Crippen LogP contribution is -2.01. The molecular formula is C57H33N3O2. The van der Waals surface area contributed by atoms with Crippen LogP contribution in [0.15, 0.2) is 209 Å². The molecule has 288 valence electrons. The highest BCUT2D eigenvalue weighted by Crippen LogP contribution is 2.47. The molecule has 10 aromatic carbocycles. The van der Waals surface area contributed by atoms with Gasteiger partial charge in [-0.25, -0.2) is 15.0 Å². The fourth-order valence-electron chi connectivity index (χ4n) is 9.43. The minimum atomic E-state index is 0.565. The zero-order chi connectivity index (χ0) is 40.7. The summed E-state index contributed by atoms with van der Waals surface area (Å²) in [6.45, 7) is 0. The maximum atomic E-state index is 6.94. The topological polar surface area (TPSA) is 65.0 Å². The summed E-state index contributed by atoms with van der Waals surface area (Å²) in [7, 11) is 0. The van der Waals surface area contributed by atoms with Crippen LogP contribution in [0.5, 0.6) is 0 Å². The summed E-state index contributed by atoms with van der Waals surface area (Å²) in [5, 5.41) is 10.8. The first-order chi connectivity index (χ1) is 30.7. The summed E-state index contributed by atoms with van der Waals surface area (Å²) in [4.78, 5) is 16.0. The lowest BCUT2D eigenvalue weighted by molar-refractivity contribution is 0.670. The van der Waals surface area contributed by atoms with E-state index in [1.54, 1.807) is 0 Å². The minimum Gasteiger partial charge on any atom is -0.455 e. The molecule has 0 unspecified atom stereocenters. The molecule has 0 saturated carbocycles. The van der Waals surface area contributed by atoms with Crippen molar-refractivity contribution in [2.24, 2.45) is 0 Å². The number of benzene rings is 10. The van der Waals surface area contributed by atoms with Crippen molar-refractivity contribution < 1.29 is 8.83 Å². The van der Waals surface area contributed by atoms with Gasteiger partial charge in [0.15, 0.2) is 17.5 Å². The molecule has 0 bridgehead atoms. The average molecular weight is 792 g/mol. The Morgan fingerprint density at radius 2 is 0.742 bits per heavy atom. The fourth-order valence-corrected chi connectivity index (χ4v) is 9.43. The van der Waals surface area contributed by atoms with E-state index in [-0.39, 0.29) is 0 Å². The molecule has 0 N–H and O–H groups in total. The Morgan fingerprint density at radius 1 is 0.274 bits per heavy atom. The van der Waals surface area contributed by atoms with Gasteiger partial charge >= 0.3 is 0 Å². The summed E-state index contributed by atoms with van der Waals surface area (Å²) < 4.78 is 13.6. The van der Waals surface area contributed by atoms with Gasteiger partial charge < -0.3 is 8.83 Å². The predicted octanol–water partition coefficient (Wildman–Crippen LogP) is 15.5. The smallest absolute Gasteiger partial charge is 0.164 e. The van der Waals surface area contributed by atoms with Crippen LogP contribution >= 0.6 is 0 Å². The number of aromatic nitrogens is 3. The second kappa shape index (κ2) is 13.6. The highest BCUT2D eigenvalue weighted by atomic mass is 16.3. The van der Waals surface area contributed by atoms with Crippen LogP contribution in [0.25, 0.3) is 133 Å². The highest BCUT2D eigenvalue weighted by Gasteiger charge is 2.24. The van der Waals surface area contributed by atoms with Gasteiger partial charge in [-0.05, 0) is 80.0 Å². The number of nitrogens with zero attached hydrogens (tertiary/aromatic N) is 3. The molecule has 0 fully saturated rings. The van der Waals surface area contributed by atoms with Crippen molar-refractivity contribution in [3.63, 3.8) is 0 Å². The molecule has 0 saturated heterocycles. The van der Waals surface area contributed by atoms with Gasteiger partial charge in [0.1, 0.15) is 22.3 Å². The Labute approximate surface area is 355 Å². The van der Waals surface area contributed by atoms with Crippen molar-refractivity contribution in [1.29, 1.82) is 0 Å². The lowest BCUT2D eigenvalue weighted by atomic mass is 9.92. The van der Waals surface area contributed by atoms with E-state index in [9.17, 15) is 0 Å². The molecule has 0 spiro atoms. The molecule has 62 heavy (non-hydrogen) atoms. The molecule has 0 radical (unpaired) electrons. The van der Waals surface area contributed by atoms with Crippen LogP contribution in [-0.2, 0) is 0 Å². The monoisotopic (exact) mass is 791 g/mol. The van der Waals surface area contributed by atoms with Gasteiger partial charge in [0.05, 0.1) is 0 Å². The van der Waals surface area contributed by atoms with Crippen LogP contribution in [-0.4, -0.2) is 15.0 Å². The van der Waals surface area contributed by atoms with Gasteiger partial charge in [0.25, 0.3) is 0 Å². The predicted molar refractivity (Wildman–Crippen MR) is 254 cm³/mol. The van der Waals surface area contributed by atoms with Crippen molar-refractivity contribution in [1.82, 2.24) is 15.0 Å². The van der Waals surface area contributed by atoms with Gasteiger partial charge in [-0.15, -0.1) is 0 Å². The number of rotatable bonds is 5. The molecule has 5 nitrogen and oxygen atoms in total. The molecule has 0 amide bonds. The third kappa shape index (κ3) is 5.32. The molecule has 3 heterocycles.